The fraction of sp³-hybridized carbons (Fsp3) is 0.0968. The molecule has 6 aromatic rings. The minimum Gasteiger partial charge on any atom is -0.497 e. The van der Waals surface area contributed by atoms with E-state index >= 15 is 0 Å². The Morgan fingerprint density at radius 3 is 2.15 bits per heavy atom. The second-order valence-corrected chi connectivity index (χ2v) is 9.48. The summed E-state index contributed by atoms with van der Waals surface area (Å²) in [5.74, 6) is 1.86. The van der Waals surface area contributed by atoms with Gasteiger partial charge in [0.1, 0.15) is 5.75 Å². The SMILES string of the molecule is COc1ccc(-c2nnc3c4ccccc4c(Nc4ccc(C(=O)Nc5ccc(N(C)C)cc5)cc4)nn23)cc1. The van der Waals surface area contributed by atoms with E-state index in [9.17, 15) is 4.79 Å². The number of hydrogen-bond donors (Lipinski definition) is 2. The fourth-order valence-electron chi connectivity index (χ4n) is 4.48. The number of aromatic nitrogens is 4. The highest BCUT2D eigenvalue weighted by Gasteiger charge is 2.16. The molecule has 198 valence electrons. The molecule has 6 rings (SSSR count). The molecule has 0 atom stereocenters. The minimum absolute atomic E-state index is 0.178. The first-order chi connectivity index (χ1) is 19.5. The molecule has 0 unspecified atom stereocenters. The number of methoxy groups -OCH3 is 1. The monoisotopic (exact) mass is 529 g/mol. The first-order valence-corrected chi connectivity index (χ1v) is 12.7. The lowest BCUT2D eigenvalue weighted by atomic mass is 10.1. The van der Waals surface area contributed by atoms with Gasteiger partial charge >= 0.3 is 0 Å². The van der Waals surface area contributed by atoms with Gasteiger partial charge in [0, 0.05) is 53.1 Å². The second kappa shape index (κ2) is 10.4. The average molecular weight is 530 g/mol. The van der Waals surface area contributed by atoms with Gasteiger partial charge in [0.25, 0.3) is 5.91 Å². The van der Waals surface area contributed by atoms with E-state index in [1.54, 1.807) is 23.8 Å². The number of benzene rings is 4. The fourth-order valence-corrected chi connectivity index (χ4v) is 4.48. The summed E-state index contributed by atoms with van der Waals surface area (Å²) in [5, 5.41) is 21.9. The molecule has 0 fully saturated rings. The summed E-state index contributed by atoms with van der Waals surface area (Å²) in [6.07, 6.45) is 0. The normalized spacial score (nSPS) is 11.0. The van der Waals surface area contributed by atoms with Gasteiger partial charge < -0.3 is 20.3 Å². The van der Waals surface area contributed by atoms with E-state index in [1.807, 2.05) is 104 Å². The molecule has 2 heterocycles. The molecule has 1 amide bonds. The molecule has 0 spiro atoms. The lowest BCUT2D eigenvalue weighted by Crippen LogP contribution is -2.12. The van der Waals surface area contributed by atoms with Gasteiger partial charge in [-0.25, -0.2) is 0 Å². The van der Waals surface area contributed by atoms with Crippen molar-refractivity contribution in [3.63, 3.8) is 0 Å². The van der Waals surface area contributed by atoms with Gasteiger partial charge in [-0.1, -0.05) is 24.3 Å². The molecule has 2 aromatic heterocycles. The predicted octanol–water partition coefficient (Wildman–Crippen LogP) is 6.02. The Kier molecular flexibility index (Phi) is 6.45. The number of rotatable bonds is 7. The number of ether oxygens (including phenoxy) is 1. The van der Waals surface area contributed by atoms with Crippen molar-refractivity contribution in [2.75, 3.05) is 36.7 Å². The summed E-state index contributed by atoms with van der Waals surface area (Å²) >= 11 is 0. The second-order valence-electron chi connectivity index (χ2n) is 9.48. The van der Waals surface area contributed by atoms with Crippen molar-refractivity contribution in [3.05, 3.63) is 103 Å². The Morgan fingerprint density at radius 2 is 1.48 bits per heavy atom. The third kappa shape index (κ3) is 4.76. The van der Waals surface area contributed by atoms with Crippen LogP contribution >= 0.6 is 0 Å². The third-order valence-corrected chi connectivity index (χ3v) is 6.66. The summed E-state index contributed by atoms with van der Waals surface area (Å²) in [5.41, 5.74) is 4.68. The molecule has 0 aliphatic carbocycles. The van der Waals surface area contributed by atoms with Gasteiger partial charge in [0.2, 0.25) is 0 Å². The van der Waals surface area contributed by atoms with Crippen molar-refractivity contribution >= 4 is 45.2 Å². The molecule has 40 heavy (non-hydrogen) atoms. The summed E-state index contributed by atoms with van der Waals surface area (Å²) < 4.78 is 7.03. The highest BCUT2D eigenvalue weighted by molar-refractivity contribution is 6.05. The Morgan fingerprint density at radius 1 is 0.800 bits per heavy atom. The van der Waals surface area contributed by atoms with Gasteiger partial charge in [0.15, 0.2) is 17.3 Å². The smallest absolute Gasteiger partial charge is 0.255 e. The van der Waals surface area contributed by atoms with E-state index in [1.165, 1.54) is 0 Å². The number of fused-ring (bicyclic) bond motifs is 3. The molecule has 0 radical (unpaired) electrons. The third-order valence-electron chi connectivity index (χ3n) is 6.66. The first-order valence-electron chi connectivity index (χ1n) is 12.7. The van der Waals surface area contributed by atoms with Crippen molar-refractivity contribution in [1.29, 1.82) is 0 Å². The van der Waals surface area contributed by atoms with E-state index < -0.39 is 0 Å². The Labute approximate surface area is 231 Å². The van der Waals surface area contributed by atoms with E-state index in [0.717, 1.165) is 39.1 Å². The number of carbonyl (C=O) groups excluding carboxylic acids is 1. The molecule has 0 saturated carbocycles. The van der Waals surface area contributed by atoms with Crippen molar-refractivity contribution in [2.24, 2.45) is 0 Å². The maximum absolute atomic E-state index is 12.8. The Bertz CT molecular complexity index is 1810. The quantitative estimate of drug-likeness (QED) is 0.261. The molecular formula is C31H27N7O2. The standard InChI is InChI=1S/C31H27N7O2/c1-37(2)24-16-14-23(15-17-24)33-31(39)21-8-12-22(13-9-21)32-28-26-6-4-5-7-27(26)30-35-34-29(38(30)36-28)20-10-18-25(40-3)19-11-20/h4-19H,1-3H3,(H,32,36)(H,33,39). The number of nitrogens with zero attached hydrogens (tertiary/aromatic N) is 5. The largest absolute Gasteiger partial charge is 0.497 e. The Hall–Kier alpha value is -5.44. The maximum Gasteiger partial charge on any atom is 0.255 e. The summed E-state index contributed by atoms with van der Waals surface area (Å²) in [7, 11) is 5.59. The minimum atomic E-state index is -0.178. The van der Waals surface area contributed by atoms with Crippen LogP contribution in [0.1, 0.15) is 10.4 Å². The van der Waals surface area contributed by atoms with Gasteiger partial charge in [-0.2, -0.15) is 4.52 Å². The molecule has 2 N–H and O–H groups in total. The molecule has 4 aromatic carbocycles. The molecule has 0 aliphatic heterocycles. The molecule has 9 nitrogen and oxygen atoms in total. The average Bonchev–Trinajstić information content (AvgIpc) is 3.42. The zero-order valence-electron chi connectivity index (χ0n) is 22.3. The topological polar surface area (TPSA) is 96.7 Å². The van der Waals surface area contributed by atoms with Crippen LogP contribution in [0.5, 0.6) is 5.75 Å². The van der Waals surface area contributed by atoms with Crippen LogP contribution in [0, 0.1) is 0 Å². The van der Waals surface area contributed by atoms with Crippen LogP contribution in [-0.2, 0) is 0 Å². The summed E-state index contributed by atoms with van der Waals surface area (Å²) in [6, 6.07) is 30.6. The van der Waals surface area contributed by atoms with Crippen molar-refractivity contribution < 1.29 is 9.53 Å². The predicted molar refractivity (Wildman–Crippen MR) is 159 cm³/mol. The number of hydrogen-bond acceptors (Lipinski definition) is 7. The highest BCUT2D eigenvalue weighted by Crippen LogP contribution is 2.30. The van der Waals surface area contributed by atoms with Crippen molar-refractivity contribution in [1.82, 2.24) is 19.8 Å². The maximum atomic E-state index is 12.8. The molecule has 0 saturated heterocycles. The lowest BCUT2D eigenvalue weighted by Gasteiger charge is -2.13. The van der Waals surface area contributed by atoms with Crippen LogP contribution in [-0.4, -0.2) is 46.9 Å². The Balaban J connectivity index is 1.28. The van der Waals surface area contributed by atoms with E-state index in [-0.39, 0.29) is 5.91 Å². The van der Waals surface area contributed by atoms with Crippen LogP contribution in [0.2, 0.25) is 0 Å². The first kappa shape index (κ1) is 24.9. The number of nitrogens with one attached hydrogen (secondary N) is 2. The van der Waals surface area contributed by atoms with Crippen LogP contribution in [0.25, 0.3) is 27.8 Å². The number of amides is 1. The number of carbonyl (C=O) groups is 1. The number of anilines is 4. The van der Waals surface area contributed by atoms with Crippen molar-refractivity contribution in [2.45, 2.75) is 0 Å². The van der Waals surface area contributed by atoms with Gasteiger partial charge in [-0.15, -0.1) is 15.3 Å². The summed E-state index contributed by atoms with van der Waals surface area (Å²) in [4.78, 5) is 14.8. The van der Waals surface area contributed by atoms with Crippen LogP contribution in [0.3, 0.4) is 0 Å². The molecule has 0 aliphatic rings. The van der Waals surface area contributed by atoms with Gasteiger partial charge in [-0.05, 0) is 72.8 Å². The van der Waals surface area contributed by atoms with Crippen molar-refractivity contribution in [3.8, 4) is 17.1 Å². The van der Waals surface area contributed by atoms with Crippen LogP contribution in [0.15, 0.2) is 97.1 Å². The molecular weight excluding hydrogens is 502 g/mol. The summed E-state index contributed by atoms with van der Waals surface area (Å²) in [6.45, 7) is 0. The molecule has 9 heteroatoms. The van der Waals surface area contributed by atoms with E-state index in [2.05, 4.69) is 20.8 Å². The highest BCUT2D eigenvalue weighted by atomic mass is 16.5. The van der Waals surface area contributed by atoms with Gasteiger partial charge in [0.05, 0.1) is 7.11 Å². The zero-order valence-corrected chi connectivity index (χ0v) is 22.3. The zero-order chi connectivity index (χ0) is 27.6. The van der Waals surface area contributed by atoms with E-state index in [0.29, 0.717) is 22.9 Å². The van der Waals surface area contributed by atoms with Gasteiger partial charge in [-0.3, -0.25) is 4.79 Å². The molecule has 0 bridgehead atoms. The van der Waals surface area contributed by atoms with E-state index in [4.69, 9.17) is 9.84 Å². The van der Waals surface area contributed by atoms with Crippen LogP contribution < -0.4 is 20.3 Å². The lowest BCUT2D eigenvalue weighted by molar-refractivity contribution is 0.102. The van der Waals surface area contributed by atoms with Crippen LogP contribution in [0.4, 0.5) is 22.9 Å².